The van der Waals surface area contributed by atoms with E-state index >= 15 is 0 Å². The van der Waals surface area contributed by atoms with Crippen LogP contribution in [0, 0.1) is 0 Å². The molecule has 1 heterocycles. The molecule has 1 aromatic heterocycles. The SMILES string of the molecule is COCC(C)OCc1ccc(C=O)o1. The Hall–Kier alpha value is -1.13. The first-order chi connectivity index (χ1) is 6.76. The summed E-state index contributed by atoms with van der Waals surface area (Å²) in [5.41, 5.74) is 0. The number of carbonyl (C=O) groups is 1. The van der Waals surface area contributed by atoms with E-state index in [2.05, 4.69) is 0 Å². The van der Waals surface area contributed by atoms with Crippen molar-refractivity contribution in [1.29, 1.82) is 0 Å². The first kappa shape index (κ1) is 10.9. The van der Waals surface area contributed by atoms with Gasteiger partial charge in [0, 0.05) is 7.11 Å². The fourth-order valence-electron chi connectivity index (χ4n) is 1.04. The van der Waals surface area contributed by atoms with Crippen LogP contribution in [0.25, 0.3) is 0 Å². The minimum absolute atomic E-state index is 0.0183. The van der Waals surface area contributed by atoms with Crippen molar-refractivity contribution in [3.8, 4) is 0 Å². The third-order valence-corrected chi connectivity index (χ3v) is 1.71. The zero-order chi connectivity index (χ0) is 10.4. The van der Waals surface area contributed by atoms with Crippen LogP contribution in [0.15, 0.2) is 16.5 Å². The Morgan fingerprint density at radius 3 is 2.93 bits per heavy atom. The molecule has 0 aromatic carbocycles. The van der Waals surface area contributed by atoms with Gasteiger partial charge in [-0.2, -0.15) is 0 Å². The Balaban J connectivity index is 2.33. The summed E-state index contributed by atoms with van der Waals surface area (Å²) in [5, 5.41) is 0. The molecule has 0 aliphatic heterocycles. The van der Waals surface area contributed by atoms with Gasteiger partial charge in [-0.25, -0.2) is 0 Å². The number of hydrogen-bond donors (Lipinski definition) is 0. The highest BCUT2D eigenvalue weighted by atomic mass is 16.5. The minimum Gasteiger partial charge on any atom is -0.456 e. The Kier molecular flexibility index (Phi) is 4.35. The zero-order valence-electron chi connectivity index (χ0n) is 8.36. The van der Waals surface area contributed by atoms with Crippen LogP contribution in [0.4, 0.5) is 0 Å². The molecular formula is C10H14O4. The van der Waals surface area contributed by atoms with Crippen LogP contribution in [0.1, 0.15) is 23.2 Å². The van der Waals surface area contributed by atoms with Gasteiger partial charge in [0.2, 0.25) is 0 Å². The van der Waals surface area contributed by atoms with Crippen molar-refractivity contribution in [1.82, 2.24) is 0 Å². The van der Waals surface area contributed by atoms with Crippen molar-refractivity contribution in [2.24, 2.45) is 0 Å². The monoisotopic (exact) mass is 198 g/mol. The summed E-state index contributed by atoms with van der Waals surface area (Å²) in [4.78, 5) is 10.3. The van der Waals surface area contributed by atoms with Gasteiger partial charge in [-0.3, -0.25) is 4.79 Å². The van der Waals surface area contributed by atoms with Crippen LogP contribution in [0.3, 0.4) is 0 Å². The van der Waals surface area contributed by atoms with Gasteiger partial charge in [0.1, 0.15) is 12.4 Å². The maximum atomic E-state index is 10.3. The molecule has 0 amide bonds. The van der Waals surface area contributed by atoms with E-state index in [1.165, 1.54) is 0 Å². The lowest BCUT2D eigenvalue weighted by molar-refractivity contribution is -0.00649. The van der Waals surface area contributed by atoms with E-state index in [-0.39, 0.29) is 6.10 Å². The van der Waals surface area contributed by atoms with Crippen LogP contribution in [0.5, 0.6) is 0 Å². The lowest BCUT2D eigenvalue weighted by Gasteiger charge is -2.09. The molecule has 4 nitrogen and oxygen atoms in total. The summed E-state index contributed by atoms with van der Waals surface area (Å²) in [6, 6.07) is 3.34. The molecule has 0 radical (unpaired) electrons. The predicted octanol–water partition coefficient (Wildman–Crippen LogP) is 1.64. The van der Waals surface area contributed by atoms with E-state index in [9.17, 15) is 4.79 Å². The molecule has 0 aliphatic rings. The summed E-state index contributed by atoms with van der Waals surface area (Å²) in [6.07, 6.45) is 0.687. The van der Waals surface area contributed by atoms with Gasteiger partial charge >= 0.3 is 0 Å². The van der Waals surface area contributed by atoms with Crippen molar-refractivity contribution in [3.63, 3.8) is 0 Å². The van der Waals surface area contributed by atoms with Gasteiger partial charge in [0.25, 0.3) is 0 Å². The third-order valence-electron chi connectivity index (χ3n) is 1.71. The van der Waals surface area contributed by atoms with Crippen LogP contribution in [-0.4, -0.2) is 26.1 Å². The number of rotatable bonds is 6. The highest BCUT2D eigenvalue weighted by molar-refractivity contribution is 5.70. The lowest BCUT2D eigenvalue weighted by Crippen LogP contribution is -2.14. The molecule has 0 aliphatic carbocycles. The van der Waals surface area contributed by atoms with Crippen LogP contribution >= 0.6 is 0 Å². The molecule has 0 saturated carbocycles. The van der Waals surface area contributed by atoms with E-state index < -0.39 is 0 Å². The molecule has 0 fully saturated rings. The van der Waals surface area contributed by atoms with E-state index in [4.69, 9.17) is 13.9 Å². The molecule has 0 N–H and O–H groups in total. The summed E-state index contributed by atoms with van der Waals surface area (Å²) in [6.45, 7) is 2.81. The van der Waals surface area contributed by atoms with E-state index in [1.807, 2.05) is 6.92 Å². The van der Waals surface area contributed by atoms with Crippen LogP contribution in [0.2, 0.25) is 0 Å². The van der Waals surface area contributed by atoms with E-state index in [0.29, 0.717) is 31.0 Å². The van der Waals surface area contributed by atoms with Crippen molar-refractivity contribution in [3.05, 3.63) is 23.7 Å². The normalized spacial score (nSPS) is 12.7. The van der Waals surface area contributed by atoms with Crippen LogP contribution in [-0.2, 0) is 16.1 Å². The average Bonchev–Trinajstić information content (AvgIpc) is 2.63. The minimum atomic E-state index is 0.0183. The first-order valence-electron chi connectivity index (χ1n) is 4.40. The van der Waals surface area contributed by atoms with Crippen LogP contribution < -0.4 is 0 Å². The van der Waals surface area contributed by atoms with E-state index in [0.717, 1.165) is 0 Å². The third kappa shape index (κ3) is 3.32. The van der Waals surface area contributed by atoms with Gasteiger partial charge in [-0.1, -0.05) is 0 Å². The number of methoxy groups -OCH3 is 1. The van der Waals surface area contributed by atoms with Gasteiger partial charge in [-0.15, -0.1) is 0 Å². The topological polar surface area (TPSA) is 48.7 Å². The molecule has 78 valence electrons. The summed E-state index contributed by atoms with van der Waals surface area (Å²) in [7, 11) is 1.62. The number of furan rings is 1. The molecule has 1 atom stereocenters. The smallest absolute Gasteiger partial charge is 0.185 e. The zero-order valence-corrected chi connectivity index (χ0v) is 8.36. The number of hydrogen-bond acceptors (Lipinski definition) is 4. The highest BCUT2D eigenvalue weighted by Crippen LogP contribution is 2.08. The average molecular weight is 198 g/mol. The maximum Gasteiger partial charge on any atom is 0.185 e. The van der Waals surface area contributed by atoms with Crippen molar-refractivity contribution in [2.75, 3.05) is 13.7 Å². The Morgan fingerprint density at radius 1 is 1.57 bits per heavy atom. The molecule has 0 bridgehead atoms. The van der Waals surface area contributed by atoms with Gasteiger partial charge in [-0.05, 0) is 19.1 Å². The fraction of sp³-hybridized carbons (Fsp3) is 0.500. The standard InChI is InChI=1S/C10H14O4/c1-8(6-12-2)13-7-10-4-3-9(5-11)14-10/h3-5,8H,6-7H2,1-2H3. The summed E-state index contributed by atoms with van der Waals surface area (Å²) >= 11 is 0. The van der Waals surface area contributed by atoms with Crippen molar-refractivity contribution >= 4 is 6.29 Å². The molecular weight excluding hydrogens is 184 g/mol. The summed E-state index contributed by atoms with van der Waals surface area (Å²) < 4.78 is 15.4. The fourth-order valence-corrected chi connectivity index (χ4v) is 1.04. The molecule has 0 spiro atoms. The van der Waals surface area contributed by atoms with E-state index in [1.54, 1.807) is 19.2 Å². The largest absolute Gasteiger partial charge is 0.456 e. The molecule has 0 saturated heterocycles. The highest BCUT2D eigenvalue weighted by Gasteiger charge is 2.04. The van der Waals surface area contributed by atoms with Gasteiger partial charge < -0.3 is 13.9 Å². The van der Waals surface area contributed by atoms with Crippen molar-refractivity contribution in [2.45, 2.75) is 19.6 Å². The Morgan fingerprint density at radius 2 is 2.36 bits per heavy atom. The summed E-state index contributed by atoms with van der Waals surface area (Å²) in [5.74, 6) is 0.970. The molecule has 1 aromatic rings. The van der Waals surface area contributed by atoms with Gasteiger partial charge in [0.15, 0.2) is 12.0 Å². The number of carbonyl (C=O) groups excluding carboxylic acids is 1. The lowest BCUT2D eigenvalue weighted by atomic mass is 10.4. The number of aldehydes is 1. The quantitative estimate of drug-likeness (QED) is 0.652. The second kappa shape index (κ2) is 5.57. The predicted molar refractivity (Wildman–Crippen MR) is 50.2 cm³/mol. The Labute approximate surface area is 82.8 Å². The second-order valence-corrected chi connectivity index (χ2v) is 3.00. The molecule has 1 unspecified atom stereocenters. The first-order valence-corrected chi connectivity index (χ1v) is 4.40. The molecule has 1 rings (SSSR count). The number of ether oxygens (including phenoxy) is 2. The molecule has 14 heavy (non-hydrogen) atoms. The molecule has 4 heteroatoms. The Bertz CT molecular complexity index is 279. The van der Waals surface area contributed by atoms with Crippen molar-refractivity contribution < 1.29 is 18.7 Å². The maximum absolute atomic E-state index is 10.3. The second-order valence-electron chi connectivity index (χ2n) is 3.00. The van der Waals surface area contributed by atoms with Gasteiger partial charge in [0.05, 0.1) is 12.7 Å².